The van der Waals surface area contributed by atoms with Gasteiger partial charge in [-0.3, -0.25) is 9.59 Å². The van der Waals surface area contributed by atoms with Crippen LogP contribution in [0.15, 0.2) is 30.3 Å². The highest BCUT2D eigenvalue weighted by atomic mass is 35.5. The molecule has 0 bridgehead atoms. The summed E-state index contributed by atoms with van der Waals surface area (Å²) in [6, 6.07) is 7.92. The molecule has 1 heterocycles. The van der Waals surface area contributed by atoms with E-state index < -0.39 is 24.5 Å². The zero-order valence-electron chi connectivity index (χ0n) is 18.0. The van der Waals surface area contributed by atoms with Gasteiger partial charge in [0.15, 0.2) is 5.75 Å². The molecule has 0 spiro atoms. The van der Waals surface area contributed by atoms with Gasteiger partial charge in [0.25, 0.3) is 0 Å². The van der Waals surface area contributed by atoms with Crippen molar-refractivity contribution in [1.29, 1.82) is 0 Å². The molecule has 7 nitrogen and oxygen atoms in total. The lowest BCUT2D eigenvalue weighted by Crippen LogP contribution is -2.53. The molecule has 3 N–H and O–H groups in total. The summed E-state index contributed by atoms with van der Waals surface area (Å²) in [5.41, 5.74) is 0.842. The monoisotopic (exact) mass is 601 g/mol. The Morgan fingerprint density at radius 1 is 0.971 bits per heavy atom. The van der Waals surface area contributed by atoms with E-state index in [1.54, 1.807) is 0 Å². The average Bonchev–Trinajstić information content (AvgIpc) is 3.38. The lowest BCUT2D eigenvalue weighted by molar-refractivity contribution is -0.136. The maximum atomic E-state index is 12.9. The van der Waals surface area contributed by atoms with Crippen molar-refractivity contribution in [3.8, 4) is 5.75 Å². The predicted octanol–water partition coefficient (Wildman–Crippen LogP) is 4.88. The van der Waals surface area contributed by atoms with E-state index in [4.69, 9.17) is 62.7 Å². The van der Waals surface area contributed by atoms with Crippen LogP contribution >= 0.6 is 70.4 Å². The Morgan fingerprint density at radius 2 is 1.57 bits per heavy atom. The van der Waals surface area contributed by atoms with Crippen LogP contribution in [0.3, 0.4) is 0 Å². The Bertz CT molecular complexity index is 1050. The van der Waals surface area contributed by atoms with E-state index in [0.717, 1.165) is 18.5 Å². The normalized spacial score (nSPS) is 15.6. The molecule has 1 aliphatic rings. The summed E-state index contributed by atoms with van der Waals surface area (Å²) < 4.78 is 5.16. The van der Waals surface area contributed by atoms with Gasteiger partial charge in [-0.25, -0.2) is 4.79 Å². The van der Waals surface area contributed by atoms with Crippen molar-refractivity contribution in [1.82, 2.24) is 16.0 Å². The molecule has 1 aliphatic heterocycles. The molecule has 13 heteroatoms. The predicted molar refractivity (Wildman–Crippen MR) is 140 cm³/mol. The average molecular weight is 604 g/mol. The topological polar surface area (TPSA) is 96.5 Å². The molecule has 1 fully saturated rings. The number of amides is 2. The molecule has 0 radical (unpaired) electrons. The number of esters is 1. The Hall–Kier alpha value is -1.45. The molecule has 0 aromatic heterocycles. The van der Waals surface area contributed by atoms with Crippen LogP contribution in [-0.2, 0) is 20.8 Å². The molecular formula is C22H21Cl6N3O4. The van der Waals surface area contributed by atoms with Crippen molar-refractivity contribution in [3.05, 3.63) is 61.0 Å². The molecule has 2 amide bonds. The molecule has 0 saturated carbocycles. The van der Waals surface area contributed by atoms with Gasteiger partial charge in [-0.1, -0.05) is 88.3 Å². The number of hydrogen-bond acceptors (Lipinski definition) is 5. The molecule has 2 aromatic carbocycles. The van der Waals surface area contributed by atoms with Gasteiger partial charge in [0, 0.05) is 6.42 Å². The molecule has 2 aromatic rings. The van der Waals surface area contributed by atoms with E-state index >= 15 is 0 Å². The zero-order chi connectivity index (χ0) is 24.8. The van der Waals surface area contributed by atoms with Crippen molar-refractivity contribution in [3.63, 3.8) is 0 Å². The lowest BCUT2D eigenvalue weighted by Gasteiger charge is -2.21. The van der Waals surface area contributed by atoms with Gasteiger partial charge >= 0.3 is 5.97 Å². The lowest BCUT2D eigenvalue weighted by atomic mass is 10.0. The number of hydrogen-bond donors (Lipinski definition) is 3. The second-order valence-electron chi connectivity index (χ2n) is 7.49. The first kappa shape index (κ1) is 29.8. The third-order valence-electron chi connectivity index (χ3n) is 5.08. The van der Waals surface area contributed by atoms with Gasteiger partial charge < -0.3 is 20.7 Å². The highest BCUT2D eigenvalue weighted by molar-refractivity contribution is 6.55. The molecular weight excluding hydrogens is 583 g/mol. The number of halogens is 6. The number of rotatable bonds is 8. The van der Waals surface area contributed by atoms with Crippen LogP contribution in [0.2, 0.25) is 25.1 Å². The van der Waals surface area contributed by atoms with Gasteiger partial charge in [-0.15, -0.1) is 12.4 Å². The first-order chi connectivity index (χ1) is 16.2. The minimum absolute atomic E-state index is 0. The van der Waals surface area contributed by atoms with Crippen molar-refractivity contribution in [2.24, 2.45) is 0 Å². The minimum Gasteiger partial charge on any atom is -0.422 e. The molecule has 1 saturated heterocycles. The van der Waals surface area contributed by atoms with E-state index in [2.05, 4.69) is 16.0 Å². The fraction of sp³-hybridized carbons (Fsp3) is 0.318. The van der Waals surface area contributed by atoms with Gasteiger partial charge in [-0.05, 0) is 24.9 Å². The highest BCUT2D eigenvalue weighted by Gasteiger charge is 2.28. The van der Waals surface area contributed by atoms with Gasteiger partial charge in [0.1, 0.15) is 22.6 Å². The highest BCUT2D eigenvalue weighted by Crippen LogP contribution is 2.48. The summed E-state index contributed by atoms with van der Waals surface area (Å²) in [5.74, 6) is -1.99. The third-order valence-corrected chi connectivity index (χ3v) is 7.33. The van der Waals surface area contributed by atoms with Crippen LogP contribution in [-0.4, -0.2) is 43.0 Å². The van der Waals surface area contributed by atoms with Crippen LogP contribution in [0, 0.1) is 0 Å². The SMILES string of the molecule is Cl.O=C(CNC(=O)C(Cc1ccccc1)NC(=O)C1CCCN1)Oc1c(Cl)c(Cl)c(Cl)c(Cl)c1Cl. The molecule has 2 unspecified atom stereocenters. The summed E-state index contributed by atoms with van der Waals surface area (Å²) in [6.45, 7) is 0.218. The van der Waals surface area contributed by atoms with Crippen molar-refractivity contribution in [2.45, 2.75) is 31.3 Å². The Kier molecular flexibility index (Phi) is 11.7. The standard InChI is InChI=1S/C22H20Cl5N3O4.ClH/c23-15-16(24)18(26)20(19(27)17(15)25)34-14(31)10-29-21(32)13(9-11-5-2-1-3-6-11)30-22(33)12-7-4-8-28-12;/h1-3,5-6,12-13,28H,4,7-10H2,(H,29,32)(H,30,33);1H. The largest absolute Gasteiger partial charge is 0.422 e. The second-order valence-corrected chi connectivity index (χ2v) is 9.38. The van der Waals surface area contributed by atoms with Crippen molar-refractivity contribution < 1.29 is 19.1 Å². The summed E-state index contributed by atoms with van der Waals surface area (Å²) in [7, 11) is 0. The Balaban J connectivity index is 0.00000432. The first-order valence-corrected chi connectivity index (χ1v) is 12.2. The van der Waals surface area contributed by atoms with Crippen LogP contribution < -0.4 is 20.7 Å². The first-order valence-electron chi connectivity index (χ1n) is 10.3. The number of nitrogens with one attached hydrogen (secondary N) is 3. The molecule has 2 atom stereocenters. The third kappa shape index (κ3) is 7.76. The summed E-state index contributed by atoms with van der Waals surface area (Å²) >= 11 is 30.0. The zero-order valence-corrected chi connectivity index (χ0v) is 22.6. The van der Waals surface area contributed by atoms with E-state index in [9.17, 15) is 14.4 Å². The fourth-order valence-electron chi connectivity index (χ4n) is 3.35. The van der Waals surface area contributed by atoms with E-state index in [-0.39, 0.29) is 61.6 Å². The van der Waals surface area contributed by atoms with Crippen LogP contribution in [0.4, 0.5) is 0 Å². The van der Waals surface area contributed by atoms with Crippen LogP contribution in [0.5, 0.6) is 5.75 Å². The molecule has 190 valence electrons. The summed E-state index contributed by atoms with van der Waals surface area (Å²) in [4.78, 5) is 37.8. The fourth-order valence-corrected chi connectivity index (χ4v) is 4.54. The number of benzene rings is 2. The summed E-state index contributed by atoms with van der Waals surface area (Å²) in [5, 5.41) is 7.60. The van der Waals surface area contributed by atoms with Gasteiger partial charge in [0.2, 0.25) is 11.8 Å². The molecule has 3 rings (SSSR count). The van der Waals surface area contributed by atoms with Crippen molar-refractivity contribution >= 4 is 88.2 Å². The number of ether oxygens (including phenoxy) is 1. The van der Waals surface area contributed by atoms with Gasteiger partial charge in [-0.2, -0.15) is 0 Å². The quantitative estimate of drug-likeness (QED) is 0.173. The summed E-state index contributed by atoms with van der Waals surface area (Å²) in [6.07, 6.45) is 1.80. The Labute approximate surface area is 233 Å². The van der Waals surface area contributed by atoms with Crippen LogP contribution in [0.1, 0.15) is 18.4 Å². The maximum absolute atomic E-state index is 12.9. The molecule has 0 aliphatic carbocycles. The van der Waals surface area contributed by atoms with Crippen molar-refractivity contribution in [2.75, 3.05) is 13.1 Å². The number of carbonyl (C=O) groups excluding carboxylic acids is 3. The van der Waals surface area contributed by atoms with E-state index in [1.165, 1.54) is 0 Å². The Morgan fingerprint density at radius 3 is 2.14 bits per heavy atom. The smallest absolute Gasteiger partial charge is 0.330 e. The van der Waals surface area contributed by atoms with E-state index in [0.29, 0.717) is 6.42 Å². The minimum atomic E-state index is -0.906. The maximum Gasteiger partial charge on any atom is 0.330 e. The molecule has 35 heavy (non-hydrogen) atoms. The van der Waals surface area contributed by atoms with Gasteiger partial charge in [0.05, 0.1) is 21.1 Å². The van der Waals surface area contributed by atoms with E-state index in [1.807, 2.05) is 30.3 Å². The number of carbonyl (C=O) groups is 3. The second kappa shape index (κ2) is 13.7. The van der Waals surface area contributed by atoms with Crippen LogP contribution in [0.25, 0.3) is 0 Å².